The molecule has 0 aliphatic carbocycles. The normalized spacial score (nSPS) is 12.3. The first kappa shape index (κ1) is 19.8. The zero-order chi connectivity index (χ0) is 16.9. The average molecular weight is 319 g/mol. The molecule has 0 fully saturated rings. The fourth-order valence-electron chi connectivity index (χ4n) is 2.82. The number of hydrogen-bond acceptors (Lipinski definition) is 4. The molecule has 23 heavy (non-hydrogen) atoms. The van der Waals surface area contributed by atoms with E-state index in [0.717, 1.165) is 51.4 Å². The van der Waals surface area contributed by atoms with Crippen molar-refractivity contribution in [2.75, 3.05) is 6.54 Å². The van der Waals surface area contributed by atoms with Crippen molar-refractivity contribution in [1.82, 2.24) is 0 Å². The van der Waals surface area contributed by atoms with E-state index in [0.29, 0.717) is 19.5 Å². The van der Waals surface area contributed by atoms with E-state index >= 15 is 0 Å². The minimum absolute atomic E-state index is 0.204. The number of hydrogen-bond donors (Lipinski definition) is 3. The lowest BCUT2D eigenvalue weighted by molar-refractivity contribution is -0.120. The van der Waals surface area contributed by atoms with Crippen molar-refractivity contribution in [2.24, 2.45) is 17.2 Å². The second-order valence-electron chi connectivity index (χ2n) is 6.24. The van der Waals surface area contributed by atoms with E-state index in [1.165, 1.54) is 11.1 Å². The van der Waals surface area contributed by atoms with Crippen molar-refractivity contribution in [3.05, 3.63) is 35.4 Å². The Kier molecular flexibility index (Phi) is 10.5. The zero-order valence-corrected chi connectivity index (χ0v) is 14.3. The Morgan fingerprint density at radius 1 is 0.913 bits per heavy atom. The van der Waals surface area contributed by atoms with Crippen LogP contribution in [0.5, 0.6) is 0 Å². The van der Waals surface area contributed by atoms with Gasteiger partial charge in [-0.1, -0.05) is 43.5 Å². The first-order valence-electron chi connectivity index (χ1n) is 8.94. The highest BCUT2D eigenvalue weighted by molar-refractivity contribution is 5.83. The molecule has 0 aliphatic heterocycles. The number of unbranched alkanes of at least 4 members (excludes halogenated alkanes) is 4. The standard InChI is InChI=1S/C19H33N3O/c20-14-8-7-12-18(22)19(23)13-4-2-1-3-9-16-10-5-6-11-17(16)15-21/h5-6,10-11,18H,1-4,7-9,12-15,20-22H2/t18-/m0/s1. The molecule has 0 aromatic heterocycles. The van der Waals surface area contributed by atoms with Gasteiger partial charge in [0.2, 0.25) is 0 Å². The summed E-state index contributed by atoms with van der Waals surface area (Å²) in [5, 5.41) is 0. The van der Waals surface area contributed by atoms with Gasteiger partial charge in [-0.05, 0) is 49.8 Å². The molecule has 4 heteroatoms. The van der Waals surface area contributed by atoms with E-state index in [1.54, 1.807) is 0 Å². The summed E-state index contributed by atoms with van der Waals surface area (Å²) in [4.78, 5) is 11.9. The first-order chi connectivity index (χ1) is 11.2. The Morgan fingerprint density at radius 2 is 1.61 bits per heavy atom. The summed E-state index contributed by atoms with van der Waals surface area (Å²) in [6.07, 6.45) is 8.68. The van der Waals surface area contributed by atoms with Gasteiger partial charge in [0, 0.05) is 13.0 Å². The van der Waals surface area contributed by atoms with Gasteiger partial charge in [0.15, 0.2) is 0 Å². The van der Waals surface area contributed by atoms with Crippen molar-refractivity contribution in [3.8, 4) is 0 Å². The van der Waals surface area contributed by atoms with Gasteiger partial charge in [0.1, 0.15) is 5.78 Å². The number of ketones is 1. The van der Waals surface area contributed by atoms with E-state index in [-0.39, 0.29) is 11.8 Å². The van der Waals surface area contributed by atoms with Crippen LogP contribution in [0.15, 0.2) is 24.3 Å². The van der Waals surface area contributed by atoms with Crippen LogP contribution in [0.1, 0.15) is 62.5 Å². The second-order valence-corrected chi connectivity index (χ2v) is 6.24. The van der Waals surface area contributed by atoms with E-state index in [2.05, 4.69) is 18.2 Å². The lowest BCUT2D eigenvalue weighted by atomic mass is 9.99. The molecule has 0 bridgehead atoms. The summed E-state index contributed by atoms with van der Waals surface area (Å²) < 4.78 is 0. The summed E-state index contributed by atoms with van der Waals surface area (Å²) in [7, 11) is 0. The third kappa shape index (κ3) is 8.26. The Bertz CT molecular complexity index is 448. The molecule has 4 nitrogen and oxygen atoms in total. The molecule has 1 aromatic carbocycles. The molecule has 0 saturated heterocycles. The molecule has 0 aliphatic rings. The Hall–Kier alpha value is -1.23. The summed E-state index contributed by atoms with van der Waals surface area (Å²) in [6.45, 7) is 1.28. The van der Waals surface area contributed by atoms with Gasteiger partial charge in [-0.25, -0.2) is 0 Å². The maximum atomic E-state index is 11.9. The highest BCUT2D eigenvalue weighted by atomic mass is 16.1. The predicted molar refractivity (Wildman–Crippen MR) is 97.0 cm³/mol. The molecular weight excluding hydrogens is 286 g/mol. The lowest BCUT2D eigenvalue weighted by Gasteiger charge is -2.10. The number of benzene rings is 1. The predicted octanol–water partition coefficient (Wildman–Crippen LogP) is 2.66. The molecule has 0 amide bonds. The largest absolute Gasteiger partial charge is 0.330 e. The first-order valence-corrected chi connectivity index (χ1v) is 8.94. The minimum Gasteiger partial charge on any atom is -0.330 e. The third-order valence-electron chi connectivity index (χ3n) is 4.34. The summed E-state index contributed by atoms with van der Waals surface area (Å²) in [5.41, 5.74) is 19.7. The highest BCUT2D eigenvalue weighted by Crippen LogP contribution is 2.14. The average Bonchev–Trinajstić information content (AvgIpc) is 2.58. The van der Waals surface area contributed by atoms with Gasteiger partial charge in [0.25, 0.3) is 0 Å². The number of nitrogens with two attached hydrogens (primary N) is 3. The monoisotopic (exact) mass is 319 g/mol. The Morgan fingerprint density at radius 3 is 2.30 bits per heavy atom. The molecule has 1 atom stereocenters. The molecule has 1 rings (SSSR count). The van der Waals surface area contributed by atoms with Gasteiger partial charge in [0.05, 0.1) is 6.04 Å². The summed E-state index contributed by atoms with van der Waals surface area (Å²) in [6, 6.07) is 8.07. The van der Waals surface area contributed by atoms with Crippen LogP contribution in [0.25, 0.3) is 0 Å². The number of aryl methyl sites for hydroxylation is 1. The SMILES string of the molecule is NCCCC[C@H](N)C(=O)CCCCCCc1ccccc1CN. The minimum atomic E-state index is -0.294. The van der Waals surface area contributed by atoms with Crippen LogP contribution in [0.3, 0.4) is 0 Å². The zero-order valence-electron chi connectivity index (χ0n) is 14.3. The lowest BCUT2D eigenvalue weighted by Crippen LogP contribution is -2.30. The van der Waals surface area contributed by atoms with E-state index < -0.39 is 0 Å². The molecule has 6 N–H and O–H groups in total. The van der Waals surface area contributed by atoms with Gasteiger partial charge in [-0.15, -0.1) is 0 Å². The Balaban J connectivity index is 2.10. The maximum absolute atomic E-state index is 11.9. The number of Topliss-reactive ketones (excluding diaryl/α,β-unsaturated/α-hetero) is 1. The summed E-state index contributed by atoms with van der Waals surface area (Å²) in [5.74, 6) is 0.204. The van der Waals surface area contributed by atoms with Gasteiger partial charge >= 0.3 is 0 Å². The Labute approximate surface area is 140 Å². The van der Waals surface area contributed by atoms with Crippen LogP contribution in [-0.4, -0.2) is 18.4 Å². The molecule has 130 valence electrons. The molecule has 0 unspecified atom stereocenters. The molecule has 0 radical (unpaired) electrons. The second kappa shape index (κ2) is 12.2. The van der Waals surface area contributed by atoms with Crippen LogP contribution in [0.4, 0.5) is 0 Å². The molecule has 0 saturated carbocycles. The van der Waals surface area contributed by atoms with Crippen LogP contribution in [-0.2, 0) is 17.8 Å². The van der Waals surface area contributed by atoms with Crippen molar-refractivity contribution in [3.63, 3.8) is 0 Å². The number of carbonyl (C=O) groups is 1. The van der Waals surface area contributed by atoms with E-state index in [9.17, 15) is 4.79 Å². The van der Waals surface area contributed by atoms with Crippen LogP contribution < -0.4 is 17.2 Å². The van der Waals surface area contributed by atoms with Crippen molar-refractivity contribution >= 4 is 5.78 Å². The van der Waals surface area contributed by atoms with E-state index in [4.69, 9.17) is 17.2 Å². The van der Waals surface area contributed by atoms with Gasteiger partial charge in [-0.2, -0.15) is 0 Å². The molecular formula is C19H33N3O. The summed E-state index contributed by atoms with van der Waals surface area (Å²) >= 11 is 0. The number of carbonyl (C=O) groups excluding carboxylic acids is 1. The molecule has 0 heterocycles. The number of rotatable bonds is 13. The molecule has 0 spiro atoms. The van der Waals surface area contributed by atoms with E-state index in [1.807, 2.05) is 6.07 Å². The van der Waals surface area contributed by atoms with Crippen molar-refractivity contribution in [1.29, 1.82) is 0 Å². The smallest absolute Gasteiger partial charge is 0.149 e. The fraction of sp³-hybridized carbons (Fsp3) is 0.632. The third-order valence-corrected chi connectivity index (χ3v) is 4.34. The van der Waals surface area contributed by atoms with Crippen LogP contribution in [0, 0.1) is 0 Å². The maximum Gasteiger partial charge on any atom is 0.149 e. The fourth-order valence-corrected chi connectivity index (χ4v) is 2.82. The van der Waals surface area contributed by atoms with Crippen LogP contribution in [0.2, 0.25) is 0 Å². The van der Waals surface area contributed by atoms with Crippen molar-refractivity contribution < 1.29 is 4.79 Å². The molecule has 1 aromatic rings. The van der Waals surface area contributed by atoms with Gasteiger partial charge in [-0.3, -0.25) is 4.79 Å². The highest BCUT2D eigenvalue weighted by Gasteiger charge is 2.12. The van der Waals surface area contributed by atoms with Crippen molar-refractivity contribution in [2.45, 2.75) is 70.4 Å². The topological polar surface area (TPSA) is 95.1 Å². The van der Waals surface area contributed by atoms with Gasteiger partial charge < -0.3 is 17.2 Å². The van der Waals surface area contributed by atoms with Crippen LogP contribution >= 0.6 is 0 Å². The quantitative estimate of drug-likeness (QED) is 0.487.